The Bertz CT molecular complexity index is 176. The molecule has 0 bridgehead atoms. The van der Waals surface area contributed by atoms with Crippen molar-refractivity contribution < 1.29 is 21.8 Å². The van der Waals surface area contributed by atoms with E-state index in [9.17, 15) is 17.2 Å². The third-order valence-electron chi connectivity index (χ3n) is 0.418. The highest BCUT2D eigenvalue weighted by molar-refractivity contribution is 7.90. The third-order valence-corrected chi connectivity index (χ3v) is 1.84. The summed E-state index contributed by atoms with van der Waals surface area (Å²) in [6.45, 7) is 0. The Morgan fingerprint density at radius 3 is 1.89 bits per heavy atom. The van der Waals surface area contributed by atoms with Gasteiger partial charge in [0.05, 0.1) is 0 Å². The highest BCUT2D eigenvalue weighted by atomic mass is 35.5. The average Bonchev–Trinajstić information content (AvgIpc) is 1.62. The van der Waals surface area contributed by atoms with Crippen LogP contribution < -0.4 is 0 Å². The van der Waals surface area contributed by atoms with Gasteiger partial charge in [-0.1, -0.05) is 11.6 Å². The lowest BCUT2D eigenvalue weighted by atomic mass is 10.8. The Hall–Kier alpha value is 0.0600. The molecule has 0 heterocycles. The number of halogens is 3. The maximum absolute atomic E-state index is 11.2. The number of hydrogen-bond donors (Lipinski definition) is 1. The molecule has 0 aromatic carbocycles. The molecule has 0 saturated heterocycles. The van der Waals surface area contributed by atoms with Gasteiger partial charge in [-0.25, -0.2) is 8.78 Å². The molecule has 9 heavy (non-hydrogen) atoms. The summed E-state index contributed by atoms with van der Waals surface area (Å²) in [6.07, 6.45) is -3.35. The minimum atomic E-state index is -4.87. The summed E-state index contributed by atoms with van der Waals surface area (Å²) in [6, 6.07) is 0. The monoisotopic (exact) mass is 179 g/mol. The van der Waals surface area contributed by atoms with Crippen molar-refractivity contribution in [3.8, 4) is 0 Å². The lowest BCUT2D eigenvalue weighted by Crippen LogP contribution is -2.13. The average molecular weight is 180 g/mol. The zero-order valence-corrected chi connectivity index (χ0v) is 5.46. The number of hydrogen-bond acceptors (Lipinski definition) is 2. The molecule has 7 heteroatoms. The molecule has 0 saturated carbocycles. The van der Waals surface area contributed by atoms with Crippen LogP contribution in [0.25, 0.3) is 0 Å². The molecule has 0 unspecified atom stereocenters. The first-order chi connectivity index (χ1) is 3.85. The van der Waals surface area contributed by atoms with Gasteiger partial charge in [0.15, 0.2) is 0 Å². The van der Waals surface area contributed by atoms with Crippen LogP contribution in [-0.4, -0.2) is 19.4 Å². The van der Waals surface area contributed by atoms with Crippen LogP contribution in [0.4, 0.5) is 8.78 Å². The first-order valence-corrected chi connectivity index (χ1v) is 3.45. The summed E-state index contributed by atoms with van der Waals surface area (Å²) in [4.78, 5) is 0. The van der Waals surface area contributed by atoms with Crippen LogP contribution in [0.2, 0.25) is 0 Å². The van der Waals surface area contributed by atoms with Crippen LogP contribution in [0.1, 0.15) is 0 Å². The Morgan fingerprint density at radius 1 is 1.56 bits per heavy atom. The van der Waals surface area contributed by atoms with E-state index in [0.717, 1.165) is 0 Å². The molecule has 0 aromatic heterocycles. The SMILES string of the molecule is O=S(=O)(O)[C](Cl)C(F)F. The molecule has 1 N–H and O–H groups in total. The highest BCUT2D eigenvalue weighted by Crippen LogP contribution is 2.22. The van der Waals surface area contributed by atoms with Crippen molar-refractivity contribution >= 4 is 21.7 Å². The molecule has 0 aliphatic heterocycles. The summed E-state index contributed by atoms with van der Waals surface area (Å²) in [7, 11) is -4.87. The molecular weight excluding hydrogens is 178 g/mol. The van der Waals surface area contributed by atoms with Crippen LogP contribution in [0, 0.1) is 4.71 Å². The van der Waals surface area contributed by atoms with Gasteiger partial charge in [0.1, 0.15) is 0 Å². The Morgan fingerprint density at radius 2 is 1.89 bits per heavy atom. The molecule has 0 rings (SSSR count). The maximum Gasteiger partial charge on any atom is 0.294 e. The first kappa shape index (κ1) is 9.06. The van der Waals surface area contributed by atoms with Gasteiger partial charge in [-0.3, -0.25) is 4.55 Å². The van der Waals surface area contributed by atoms with Gasteiger partial charge in [0, 0.05) is 0 Å². The molecule has 0 aliphatic carbocycles. The molecule has 1 radical (unpaired) electrons. The lowest BCUT2D eigenvalue weighted by Gasteiger charge is -1.99. The van der Waals surface area contributed by atoms with Crippen molar-refractivity contribution in [2.75, 3.05) is 0 Å². The fourth-order valence-electron chi connectivity index (χ4n) is 0.113. The zero-order valence-electron chi connectivity index (χ0n) is 3.88. The number of alkyl halides is 2. The van der Waals surface area contributed by atoms with E-state index in [-0.39, 0.29) is 0 Å². The zero-order chi connectivity index (χ0) is 7.65. The van der Waals surface area contributed by atoms with Crippen molar-refractivity contribution in [3.63, 3.8) is 0 Å². The predicted octanol–water partition coefficient (Wildman–Crippen LogP) is 0.868. The normalized spacial score (nSPS) is 13.1. The quantitative estimate of drug-likeness (QED) is 0.640. The van der Waals surface area contributed by atoms with Crippen molar-refractivity contribution in [2.45, 2.75) is 6.43 Å². The standard InChI is InChI=1S/C2H2ClF2O3S/c3-1(2(4)5)9(6,7)8/h2H,(H,6,7,8). The van der Waals surface area contributed by atoms with E-state index in [1.54, 1.807) is 0 Å². The second-order valence-electron chi connectivity index (χ2n) is 1.08. The van der Waals surface area contributed by atoms with E-state index in [4.69, 9.17) is 4.55 Å². The molecule has 55 valence electrons. The Labute approximate surface area is 55.4 Å². The Balaban J connectivity index is 4.24. The smallest absolute Gasteiger partial charge is 0.284 e. The highest BCUT2D eigenvalue weighted by Gasteiger charge is 2.31. The summed E-state index contributed by atoms with van der Waals surface area (Å²) < 4.78 is 47.8. The maximum atomic E-state index is 11.2. The van der Waals surface area contributed by atoms with E-state index < -0.39 is 21.3 Å². The first-order valence-electron chi connectivity index (χ1n) is 1.63. The fraction of sp³-hybridized carbons (Fsp3) is 0.500. The van der Waals surface area contributed by atoms with Gasteiger partial charge in [-0.2, -0.15) is 8.42 Å². The van der Waals surface area contributed by atoms with E-state index >= 15 is 0 Å². The van der Waals surface area contributed by atoms with Gasteiger partial charge in [0.25, 0.3) is 21.3 Å². The van der Waals surface area contributed by atoms with Crippen molar-refractivity contribution in [1.82, 2.24) is 0 Å². The fourth-order valence-corrected chi connectivity index (χ4v) is 0.338. The minimum Gasteiger partial charge on any atom is -0.284 e. The van der Waals surface area contributed by atoms with E-state index in [2.05, 4.69) is 11.6 Å². The van der Waals surface area contributed by atoms with E-state index in [1.807, 2.05) is 0 Å². The molecule has 0 spiro atoms. The second-order valence-corrected chi connectivity index (χ2v) is 3.10. The Kier molecular flexibility index (Phi) is 2.78. The molecule has 0 atom stereocenters. The molecule has 0 aromatic rings. The van der Waals surface area contributed by atoms with E-state index in [1.165, 1.54) is 0 Å². The van der Waals surface area contributed by atoms with Crippen LogP contribution in [-0.2, 0) is 10.1 Å². The summed E-state index contributed by atoms with van der Waals surface area (Å²) in [5.74, 6) is 0. The molecule has 3 nitrogen and oxygen atoms in total. The van der Waals surface area contributed by atoms with Crippen LogP contribution in [0.3, 0.4) is 0 Å². The van der Waals surface area contributed by atoms with Gasteiger partial charge >= 0.3 is 0 Å². The van der Waals surface area contributed by atoms with Crippen molar-refractivity contribution in [1.29, 1.82) is 0 Å². The van der Waals surface area contributed by atoms with Crippen LogP contribution >= 0.6 is 11.6 Å². The van der Waals surface area contributed by atoms with Gasteiger partial charge in [0.2, 0.25) is 0 Å². The van der Waals surface area contributed by atoms with Gasteiger partial charge < -0.3 is 0 Å². The predicted molar refractivity (Wildman–Crippen MR) is 26.6 cm³/mol. The largest absolute Gasteiger partial charge is 0.294 e. The van der Waals surface area contributed by atoms with Gasteiger partial charge in [-0.15, -0.1) is 0 Å². The lowest BCUT2D eigenvalue weighted by molar-refractivity contribution is 0.186. The molecular formula is C2H2ClF2O3S. The van der Waals surface area contributed by atoms with Crippen LogP contribution in [0.5, 0.6) is 0 Å². The summed E-state index contributed by atoms with van der Waals surface area (Å²) in [5.41, 5.74) is 0. The van der Waals surface area contributed by atoms with Gasteiger partial charge in [-0.05, 0) is 0 Å². The van der Waals surface area contributed by atoms with Crippen LogP contribution in [0.15, 0.2) is 0 Å². The number of rotatable bonds is 2. The molecule has 0 amide bonds. The third kappa shape index (κ3) is 2.92. The summed E-state index contributed by atoms with van der Waals surface area (Å²) in [5, 5.41) is 0. The summed E-state index contributed by atoms with van der Waals surface area (Å²) >= 11 is 4.42. The molecule has 0 aliphatic rings. The van der Waals surface area contributed by atoms with Crippen molar-refractivity contribution in [3.05, 3.63) is 4.71 Å². The minimum absolute atomic E-state index is 1.75. The van der Waals surface area contributed by atoms with Crippen molar-refractivity contribution in [2.24, 2.45) is 0 Å². The second kappa shape index (κ2) is 2.76. The topological polar surface area (TPSA) is 54.4 Å². The molecule has 0 fully saturated rings. The van der Waals surface area contributed by atoms with E-state index in [0.29, 0.717) is 0 Å².